The van der Waals surface area contributed by atoms with E-state index in [2.05, 4.69) is 37.9 Å². The van der Waals surface area contributed by atoms with E-state index in [-0.39, 0.29) is 3.41 Å². The van der Waals surface area contributed by atoms with E-state index >= 15 is 0 Å². The number of thiol groups is 3. The monoisotopic (exact) mass is 208 g/mol. The van der Waals surface area contributed by atoms with Gasteiger partial charge >= 0.3 is 0 Å². The molecule has 0 unspecified atom stereocenters. The van der Waals surface area contributed by atoms with Crippen LogP contribution in [0.3, 0.4) is 0 Å². The predicted octanol–water partition coefficient (Wildman–Crippen LogP) is 3.40. The van der Waals surface area contributed by atoms with Crippen LogP contribution < -0.4 is 0 Å². The van der Waals surface area contributed by atoms with Gasteiger partial charge in [-0.1, -0.05) is 32.1 Å². The van der Waals surface area contributed by atoms with Gasteiger partial charge in [0.1, 0.15) is 0 Å². The van der Waals surface area contributed by atoms with Crippen molar-refractivity contribution in [3.8, 4) is 0 Å². The van der Waals surface area contributed by atoms with E-state index in [1.54, 1.807) is 0 Å². The fraction of sp³-hybridized carbons (Fsp3) is 1.00. The Labute approximate surface area is 85.8 Å². The first kappa shape index (κ1) is 10.1. The van der Waals surface area contributed by atoms with Gasteiger partial charge < -0.3 is 0 Å². The minimum atomic E-state index is -0.359. The van der Waals surface area contributed by atoms with Crippen LogP contribution in [0.1, 0.15) is 38.5 Å². The van der Waals surface area contributed by atoms with Crippen LogP contribution in [0.2, 0.25) is 0 Å². The largest absolute Gasteiger partial charge is 0.151 e. The molecule has 0 aromatic rings. The van der Waals surface area contributed by atoms with Gasteiger partial charge in [-0.05, 0) is 12.3 Å². The molecule has 66 valence electrons. The van der Waals surface area contributed by atoms with Gasteiger partial charge in [-0.15, -0.1) is 0 Å². The van der Waals surface area contributed by atoms with Crippen molar-refractivity contribution in [2.24, 2.45) is 5.92 Å². The number of hydrogen-bond acceptors (Lipinski definition) is 3. The maximum Gasteiger partial charge on any atom is 0.0983 e. The summed E-state index contributed by atoms with van der Waals surface area (Å²) in [6, 6.07) is 0. The summed E-state index contributed by atoms with van der Waals surface area (Å²) in [6.07, 6.45) is 7.91. The molecule has 0 aromatic heterocycles. The minimum absolute atomic E-state index is 0.359. The van der Waals surface area contributed by atoms with Crippen molar-refractivity contribution in [2.45, 2.75) is 41.9 Å². The molecule has 0 nitrogen and oxygen atoms in total. The Kier molecular flexibility index (Phi) is 3.99. The summed E-state index contributed by atoms with van der Waals surface area (Å²) in [4.78, 5) is 0. The maximum atomic E-state index is 4.29. The van der Waals surface area contributed by atoms with E-state index in [1.165, 1.54) is 32.1 Å². The molecule has 0 spiro atoms. The first-order valence-corrected chi connectivity index (χ1v) is 5.59. The van der Waals surface area contributed by atoms with Crippen molar-refractivity contribution in [3.05, 3.63) is 0 Å². The Balaban J connectivity index is 2.24. The SMILES string of the molecule is SC(S)(S)CC1CCCCC1. The third kappa shape index (κ3) is 4.58. The van der Waals surface area contributed by atoms with Crippen molar-refractivity contribution in [1.82, 2.24) is 0 Å². The van der Waals surface area contributed by atoms with Crippen molar-refractivity contribution in [1.29, 1.82) is 0 Å². The summed E-state index contributed by atoms with van der Waals surface area (Å²) >= 11 is 12.9. The highest BCUT2D eigenvalue weighted by Gasteiger charge is 2.22. The minimum Gasteiger partial charge on any atom is -0.151 e. The Bertz CT molecular complexity index is 111. The fourth-order valence-corrected chi connectivity index (χ4v) is 2.55. The number of rotatable bonds is 2. The van der Waals surface area contributed by atoms with Gasteiger partial charge in [0.05, 0.1) is 3.41 Å². The Morgan fingerprint density at radius 1 is 1.00 bits per heavy atom. The average molecular weight is 208 g/mol. The first-order valence-electron chi connectivity index (χ1n) is 4.25. The molecule has 1 rings (SSSR count). The third-order valence-electron chi connectivity index (χ3n) is 2.29. The van der Waals surface area contributed by atoms with Crippen molar-refractivity contribution >= 4 is 37.9 Å². The van der Waals surface area contributed by atoms with E-state index in [1.807, 2.05) is 0 Å². The molecule has 0 saturated heterocycles. The van der Waals surface area contributed by atoms with Crippen molar-refractivity contribution in [2.75, 3.05) is 0 Å². The molecule has 0 aliphatic heterocycles. The van der Waals surface area contributed by atoms with Gasteiger partial charge in [-0.2, -0.15) is 37.9 Å². The molecule has 3 heteroatoms. The Morgan fingerprint density at radius 2 is 1.55 bits per heavy atom. The molecule has 1 fully saturated rings. The lowest BCUT2D eigenvalue weighted by atomic mass is 9.87. The molecular weight excluding hydrogens is 192 g/mol. The Hall–Kier alpha value is 1.05. The molecule has 1 aliphatic rings. The first-order chi connectivity index (χ1) is 5.08. The van der Waals surface area contributed by atoms with Crippen LogP contribution in [0.15, 0.2) is 0 Å². The van der Waals surface area contributed by atoms with Crippen LogP contribution in [0, 0.1) is 5.92 Å². The highest BCUT2D eigenvalue weighted by atomic mass is 32.2. The lowest BCUT2D eigenvalue weighted by Crippen LogP contribution is -2.14. The molecule has 0 heterocycles. The number of hydrogen-bond donors (Lipinski definition) is 3. The quantitative estimate of drug-likeness (QED) is 0.450. The molecule has 1 aliphatic carbocycles. The second-order valence-corrected chi connectivity index (χ2v) is 6.83. The summed E-state index contributed by atoms with van der Waals surface area (Å²) in [6.45, 7) is 0. The second-order valence-electron chi connectivity index (χ2n) is 3.48. The van der Waals surface area contributed by atoms with Gasteiger partial charge in [0.25, 0.3) is 0 Å². The molecule has 0 N–H and O–H groups in total. The third-order valence-corrected chi connectivity index (χ3v) is 2.84. The molecule has 0 aromatic carbocycles. The van der Waals surface area contributed by atoms with Gasteiger partial charge in [-0.25, -0.2) is 0 Å². The standard InChI is InChI=1S/C8H16S3/c9-8(10,11)6-7-4-2-1-3-5-7/h7,9-11H,1-6H2. The average Bonchev–Trinajstić information content (AvgIpc) is 1.85. The summed E-state index contributed by atoms with van der Waals surface area (Å²) in [5.41, 5.74) is 0. The van der Waals surface area contributed by atoms with E-state index in [4.69, 9.17) is 0 Å². The lowest BCUT2D eigenvalue weighted by Gasteiger charge is -2.26. The van der Waals surface area contributed by atoms with Gasteiger partial charge in [0.15, 0.2) is 0 Å². The van der Waals surface area contributed by atoms with Gasteiger partial charge in [0.2, 0.25) is 0 Å². The zero-order valence-electron chi connectivity index (χ0n) is 6.66. The van der Waals surface area contributed by atoms with E-state index in [9.17, 15) is 0 Å². The van der Waals surface area contributed by atoms with Gasteiger partial charge in [-0.3, -0.25) is 0 Å². The zero-order valence-corrected chi connectivity index (χ0v) is 9.34. The summed E-state index contributed by atoms with van der Waals surface area (Å²) in [5.74, 6) is 0.816. The highest BCUT2D eigenvalue weighted by molar-refractivity contribution is 8.16. The lowest BCUT2D eigenvalue weighted by molar-refractivity contribution is 0.345. The van der Waals surface area contributed by atoms with Gasteiger partial charge in [0, 0.05) is 0 Å². The normalized spacial score (nSPS) is 22.1. The summed E-state index contributed by atoms with van der Waals surface area (Å²) in [7, 11) is 0. The van der Waals surface area contributed by atoms with Crippen LogP contribution in [-0.4, -0.2) is 3.41 Å². The van der Waals surface area contributed by atoms with Crippen LogP contribution in [0.5, 0.6) is 0 Å². The van der Waals surface area contributed by atoms with E-state index in [0.717, 1.165) is 12.3 Å². The van der Waals surface area contributed by atoms with Crippen LogP contribution in [-0.2, 0) is 0 Å². The molecule has 0 radical (unpaired) electrons. The van der Waals surface area contributed by atoms with E-state index in [0.29, 0.717) is 0 Å². The smallest absolute Gasteiger partial charge is 0.0983 e. The van der Waals surface area contributed by atoms with Crippen molar-refractivity contribution in [3.63, 3.8) is 0 Å². The zero-order chi connectivity index (χ0) is 8.32. The van der Waals surface area contributed by atoms with Crippen LogP contribution >= 0.6 is 37.9 Å². The summed E-state index contributed by atoms with van der Waals surface area (Å²) in [5, 5.41) is 0. The van der Waals surface area contributed by atoms with E-state index < -0.39 is 0 Å². The topological polar surface area (TPSA) is 0 Å². The summed E-state index contributed by atoms with van der Waals surface area (Å²) < 4.78 is -0.359. The fourth-order valence-electron chi connectivity index (χ4n) is 1.78. The van der Waals surface area contributed by atoms with Crippen LogP contribution in [0.4, 0.5) is 0 Å². The second kappa shape index (κ2) is 4.33. The van der Waals surface area contributed by atoms with Crippen LogP contribution in [0.25, 0.3) is 0 Å². The molecule has 0 atom stereocenters. The highest BCUT2D eigenvalue weighted by Crippen LogP contribution is 2.37. The maximum absolute atomic E-state index is 4.29. The molecule has 1 saturated carbocycles. The molecular formula is C8H16S3. The molecule has 11 heavy (non-hydrogen) atoms. The molecule has 0 bridgehead atoms. The van der Waals surface area contributed by atoms with Crippen molar-refractivity contribution < 1.29 is 0 Å². The molecule has 0 amide bonds. The Morgan fingerprint density at radius 3 is 2.00 bits per heavy atom. The predicted molar refractivity (Wildman–Crippen MR) is 60.9 cm³/mol.